The summed E-state index contributed by atoms with van der Waals surface area (Å²) in [5, 5.41) is 3.23. The maximum atomic E-state index is 12.7. The van der Waals surface area contributed by atoms with Crippen LogP contribution in [0.5, 0.6) is 5.75 Å². The highest BCUT2D eigenvalue weighted by Crippen LogP contribution is 2.39. The first kappa shape index (κ1) is 16.2. The second-order valence-corrected chi connectivity index (χ2v) is 7.20. The largest absolute Gasteiger partial charge is 0.489 e. The van der Waals surface area contributed by atoms with Crippen LogP contribution in [0.1, 0.15) is 56.4 Å². The van der Waals surface area contributed by atoms with Crippen LogP contribution in [0, 0.1) is 11.8 Å². The minimum absolute atomic E-state index is 0.0119. The second-order valence-electron chi connectivity index (χ2n) is 7.20. The molecule has 23 heavy (non-hydrogen) atoms. The molecule has 1 heterocycles. The third-order valence-corrected chi connectivity index (χ3v) is 5.02. The lowest BCUT2D eigenvalue weighted by Crippen LogP contribution is -2.53. The maximum Gasteiger partial charge on any atom is 0.273 e. The molecule has 1 aromatic heterocycles. The SMILES string of the molecule is CC(C)Oc1cccnc1C(=O)NC1C2CCCC1CC(N)C2. The molecule has 0 spiro atoms. The molecule has 3 N–H and O–H groups in total. The molecule has 2 unspecified atom stereocenters. The molecule has 2 saturated carbocycles. The van der Waals surface area contributed by atoms with Crippen LogP contribution in [-0.2, 0) is 0 Å². The molecule has 2 fully saturated rings. The Labute approximate surface area is 138 Å². The summed E-state index contributed by atoms with van der Waals surface area (Å²) in [6.45, 7) is 3.89. The van der Waals surface area contributed by atoms with E-state index in [1.165, 1.54) is 6.42 Å². The number of nitrogens with zero attached hydrogens (tertiary/aromatic N) is 1. The van der Waals surface area contributed by atoms with Gasteiger partial charge in [0, 0.05) is 18.3 Å². The fourth-order valence-electron chi connectivity index (χ4n) is 4.15. The van der Waals surface area contributed by atoms with E-state index >= 15 is 0 Å². The average molecular weight is 317 g/mol. The van der Waals surface area contributed by atoms with Crippen molar-refractivity contribution in [3.8, 4) is 5.75 Å². The zero-order chi connectivity index (χ0) is 16.4. The van der Waals surface area contributed by atoms with Crippen molar-refractivity contribution in [2.45, 2.75) is 64.1 Å². The van der Waals surface area contributed by atoms with Crippen LogP contribution in [-0.4, -0.2) is 29.1 Å². The Morgan fingerprint density at radius 1 is 1.35 bits per heavy atom. The number of carbonyl (C=O) groups is 1. The van der Waals surface area contributed by atoms with Crippen molar-refractivity contribution in [1.29, 1.82) is 0 Å². The van der Waals surface area contributed by atoms with Crippen molar-refractivity contribution in [2.24, 2.45) is 17.6 Å². The van der Waals surface area contributed by atoms with Crippen LogP contribution in [0.25, 0.3) is 0 Å². The van der Waals surface area contributed by atoms with Crippen molar-refractivity contribution in [2.75, 3.05) is 0 Å². The van der Waals surface area contributed by atoms with Crippen molar-refractivity contribution >= 4 is 5.91 Å². The first-order valence-corrected chi connectivity index (χ1v) is 8.72. The lowest BCUT2D eigenvalue weighted by Gasteiger charge is -2.45. The van der Waals surface area contributed by atoms with E-state index in [9.17, 15) is 4.79 Å². The minimum Gasteiger partial charge on any atom is -0.489 e. The third-order valence-electron chi connectivity index (χ3n) is 5.02. The summed E-state index contributed by atoms with van der Waals surface area (Å²) in [7, 11) is 0. The normalized spacial score (nSPS) is 30.1. The second kappa shape index (κ2) is 6.87. The number of carbonyl (C=O) groups excluding carboxylic acids is 1. The molecule has 0 saturated heterocycles. The van der Waals surface area contributed by atoms with Crippen molar-refractivity contribution in [1.82, 2.24) is 10.3 Å². The van der Waals surface area contributed by atoms with Gasteiger partial charge in [-0.1, -0.05) is 6.42 Å². The zero-order valence-corrected chi connectivity index (χ0v) is 14.0. The number of amides is 1. The van der Waals surface area contributed by atoms with Crippen LogP contribution in [0.4, 0.5) is 0 Å². The van der Waals surface area contributed by atoms with Gasteiger partial charge in [-0.05, 0) is 63.5 Å². The molecule has 2 bridgehead atoms. The number of rotatable bonds is 4. The summed E-state index contributed by atoms with van der Waals surface area (Å²) < 4.78 is 5.72. The highest BCUT2D eigenvalue weighted by atomic mass is 16.5. The number of fused-ring (bicyclic) bond motifs is 2. The lowest BCUT2D eigenvalue weighted by atomic mass is 9.67. The topological polar surface area (TPSA) is 77.2 Å². The predicted octanol–water partition coefficient (Wildman–Crippen LogP) is 2.50. The molecule has 2 aliphatic rings. The quantitative estimate of drug-likeness (QED) is 0.894. The Hall–Kier alpha value is -1.62. The summed E-state index contributed by atoms with van der Waals surface area (Å²) >= 11 is 0. The molecular formula is C18H27N3O2. The molecule has 0 aromatic carbocycles. The summed E-state index contributed by atoms with van der Waals surface area (Å²) in [4.78, 5) is 17.0. The Kier molecular flexibility index (Phi) is 4.85. The average Bonchev–Trinajstić information content (AvgIpc) is 2.48. The van der Waals surface area contributed by atoms with Crippen LogP contribution in [0.2, 0.25) is 0 Å². The van der Waals surface area contributed by atoms with E-state index in [1.54, 1.807) is 18.3 Å². The third kappa shape index (κ3) is 3.66. The Bertz CT molecular complexity index is 547. The fraction of sp³-hybridized carbons (Fsp3) is 0.667. The highest BCUT2D eigenvalue weighted by Gasteiger charge is 2.40. The molecule has 126 valence electrons. The molecule has 0 radical (unpaired) electrons. The molecule has 3 rings (SSSR count). The molecule has 1 amide bonds. The first-order valence-electron chi connectivity index (χ1n) is 8.72. The van der Waals surface area contributed by atoms with E-state index in [4.69, 9.17) is 10.5 Å². The smallest absolute Gasteiger partial charge is 0.273 e. The van der Waals surface area contributed by atoms with E-state index in [1.807, 2.05) is 13.8 Å². The Balaban J connectivity index is 1.74. The van der Waals surface area contributed by atoms with E-state index in [0.29, 0.717) is 23.3 Å². The molecular weight excluding hydrogens is 290 g/mol. The van der Waals surface area contributed by atoms with Gasteiger partial charge in [-0.3, -0.25) is 4.79 Å². The van der Waals surface area contributed by atoms with Crippen molar-refractivity contribution in [3.63, 3.8) is 0 Å². The molecule has 1 aromatic rings. The fourth-order valence-corrected chi connectivity index (χ4v) is 4.15. The maximum absolute atomic E-state index is 12.7. The van der Waals surface area contributed by atoms with Crippen molar-refractivity contribution in [3.05, 3.63) is 24.0 Å². The van der Waals surface area contributed by atoms with Gasteiger partial charge in [0.15, 0.2) is 11.4 Å². The number of hydrogen-bond donors (Lipinski definition) is 2. The Morgan fingerprint density at radius 3 is 2.70 bits per heavy atom. The minimum atomic E-state index is -0.126. The van der Waals surface area contributed by atoms with Crippen LogP contribution in [0.3, 0.4) is 0 Å². The molecule has 5 heteroatoms. The van der Waals surface area contributed by atoms with Gasteiger partial charge < -0.3 is 15.8 Å². The van der Waals surface area contributed by atoms with Crippen LogP contribution in [0.15, 0.2) is 18.3 Å². The van der Waals surface area contributed by atoms with E-state index in [0.717, 1.165) is 25.7 Å². The standard InChI is InChI=1S/C18H27N3O2/c1-11(2)23-15-7-4-8-20-17(15)18(22)21-16-12-5-3-6-13(16)10-14(19)9-12/h4,7-8,11-14,16H,3,5-6,9-10,19H2,1-2H3,(H,21,22). The van der Waals surface area contributed by atoms with Crippen LogP contribution >= 0.6 is 0 Å². The first-order chi connectivity index (χ1) is 11.0. The number of nitrogens with one attached hydrogen (secondary N) is 1. The zero-order valence-electron chi connectivity index (χ0n) is 14.0. The van der Waals surface area contributed by atoms with Gasteiger partial charge in [0.1, 0.15) is 0 Å². The number of pyridine rings is 1. The van der Waals surface area contributed by atoms with Gasteiger partial charge in [0.25, 0.3) is 5.91 Å². The van der Waals surface area contributed by atoms with Gasteiger partial charge >= 0.3 is 0 Å². The van der Waals surface area contributed by atoms with E-state index < -0.39 is 0 Å². The van der Waals surface area contributed by atoms with Gasteiger partial charge in [-0.15, -0.1) is 0 Å². The highest BCUT2D eigenvalue weighted by molar-refractivity contribution is 5.95. The molecule has 0 aliphatic heterocycles. The van der Waals surface area contributed by atoms with Gasteiger partial charge in [-0.25, -0.2) is 4.98 Å². The number of ether oxygens (including phenoxy) is 1. The molecule has 2 aliphatic carbocycles. The summed E-state index contributed by atoms with van der Waals surface area (Å²) in [5.41, 5.74) is 6.55. The number of hydrogen-bond acceptors (Lipinski definition) is 4. The predicted molar refractivity (Wildman–Crippen MR) is 89.3 cm³/mol. The Morgan fingerprint density at radius 2 is 2.04 bits per heavy atom. The van der Waals surface area contributed by atoms with Crippen molar-refractivity contribution < 1.29 is 9.53 Å². The van der Waals surface area contributed by atoms with Crippen LogP contribution < -0.4 is 15.8 Å². The lowest BCUT2D eigenvalue weighted by molar-refractivity contribution is 0.0746. The van der Waals surface area contributed by atoms with Gasteiger partial charge in [-0.2, -0.15) is 0 Å². The summed E-state index contributed by atoms with van der Waals surface area (Å²) in [5.74, 6) is 1.43. The number of nitrogens with two attached hydrogens (primary N) is 1. The summed E-state index contributed by atoms with van der Waals surface area (Å²) in [6, 6.07) is 4.11. The van der Waals surface area contributed by atoms with E-state index in [-0.39, 0.29) is 24.1 Å². The monoisotopic (exact) mass is 317 g/mol. The number of aromatic nitrogens is 1. The van der Waals surface area contributed by atoms with E-state index in [2.05, 4.69) is 10.3 Å². The van der Waals surface area contributed by atoms with Gasteiger partial charge in [0.05, 0.1) is 6.10 Å². The summed E-state index contributed by atoms with van der Waals surface area (Å²) in [6.07, 6.45) is 7.24. The molecule has 5 nitrogen and oxygen atoms in total. The van der Waals surface area contributed by atoms with Gasteiger partial charge in [0.2, 0.25) is 0 Å². The molecule has 2 atom stereocenters.